The molecule has 3 nitrogen and oxygen atoms in total. The number of ether oxygens (including phenoxy) is 1. The number of hydrogen-bond acceptors (Lipinski definition) is 3. The average Bonchev–Trinajstić information content (AvgIpc) is 2.34. The lowest BCUT2D eigenvalue weighted by Crippen LogP contribution is -2.47. The van der Waals surface area contributed by atoms with E-state index in [1.807, 2.05) is 7.11 Å². The van der Waals surface area contributed by atoms with Gasteiger partial charge in [-0.15, -0.1) is 0 Å². The van der Waals surface area contributed by atoms with Crippen LogP contribution in [0, 0.1) is 11.3 Å². The van der Waals surface area contributed by atoms with Gasteiger partial charge in [-0.05, 0) is 43.8 Å². The molecule has 1 rings (SSSR count). The molecule has 0 saturated carbocycles. The summed E-state index contributed by atoms with van der Waals surface area (Å²) in [5, 5.41) is 3.64. The maximum Gasteiger partial charge on any atom is 0.0724 e. The smallest absolute Gasteiger partial charge is 0.0724 e. The lowest BCUT2D eigenvalue weighted by atomic mass is 9.84. The topological polar surface area (TPSA) is 24.5 Å². The Bertz CT molecular complexity index is 250. The molecule has 0 aromatic carbocycles. The maximum atomic E-state index is 5.60. The van der Waals surface area contributed by atoms with Crippen LogP contribution < -0.4 is 5.32 Å². The quantitative estimate of drug-likeness (QED) is 0.803. The zero-order chi connectivity index (χ0) is 14.5. The lowest BCUT2D eigenvalue weighted by molar-refractivity contribution is -0.00678. The first-order valence-corrected chi connectivity index (χ1v) is 7.87. The van der Waals surface area contributed by atoms with Crippen molar-refractivity contribution in [3.05, 3.63) is 0 Å². The Morgan fingerprint density at radius 2 is 2.05 bits per heavy atom. The molecule has 3 unspecified atom stereocenters. The highest BCUT2D eigenvalue weighted by Gasteiger charge is 2.28. The predicted molar refractivity (Wildman–Crippen MR) is 82.6 cm³/mol. The van der Waals surface area contributed by atoms with E-state index in [-0.39, 0.29) is 0 Å². The summed E-state index contributed by atoms with van der Waals surface area (Å²) in [4.78, 5) is 2.57. The molecule has 19 heavy (non-hydrogen) atoms. The molecule has 1 heterocycles. The van der Waals surface area contributed by atoms with Crippen molar-refractivity contribution >= 4 is 0 Å². The van der Waals surface area contributed by atoms with Gasteiger partial charge in [0.25, 0.3) is 0 Å². The van der Waals surface area contributed by atoms with Gasteiger partial charge in [0.15, 0.2) is 0 Å². The van der Waals surface area contributed by atoms with Gasteiger partial charge >= 0.3 is 0 Å². The average molecular weight is 270 g/mol. The summed E-state index contributed by atoms with van der Waals surface area (Å²) in [6.07, 6.45) is 2.91. The highest BCUT2D eigenvalue weighted by atomic mass is 16.5. The van der Waals surface area contributed by atoms with E-state index in [1.54, 1.807) is 0 Å². The summed E-state index contributed by atoms with van der Waals surface area (Å²) in [5.74, 6) is 0.702. The van der Waals surface area contributed by atoms with E-state index < -0.39 is 0 Å². The number of hydrogen-bond donors (Lipinski definition) is 1. The standard InChI is InChI=1S/C16H34N2O/c1-7-17-15(16(3,4)5)9-11-18-10-8-13(2)14(12-18)19-6/h13-15,17H,7-12H2,1-6H3. The number of piperidine rings is 1. The fourth-order valence-corrected chi connectivity index (χ4v) is 3.01. The minimum Gasteiger partial charge on any atom is -0.380 e. The van der Waals surface area contributed by atoms with Crippen molar-refractivity contribution in [3.8, 4) is 0 Å². The van der Waals surface area contributed by atoms with Crippen molar-refractivity contribution in [1.82, 2.24) is 10.2 Å². The SMILES string of the molecule is CCNC(CCN1CCC(C)C(OC)C1)C(C)(C)C. The molecule has 0 spiro atoms. The summed E-state index contributed by atoms with van der Waals surface area (Å²) < 4.78 is 5.60. The molecular formula is C16H34N2O. The van der Waals surface area contributed by atoms with E-state index in [1.165, 1.54) is 25.9 Å². The fraction of sp³-hybridized carbons (Fsp3) is 1.00. The Morgan fingerprint density at radius 3 is 2.58 bits per heavy atom. The second-order valence-electron chi connectivity index (χ2n) is 7.11. The molecule has 0 aromatic heterocycles. The Hall–Kier alpha value is -0.120. The summed E-state index contributed by atoms with van der Waals surface area (Å²) in [6.45, 7) is 16.1. The van der Waals surface area contributed by atoms with Gasteiger partial charge in [-0.3, -0.25) is 0 Å². The zero-order valence-electron chi connectivity index (χ0n) is 13.8. The molecule has 114 valence electrons. The van der Waals surface area contributed by atoms with Crippen LogP contribution in [0.3, 0.4) is 0 Å². The molecule has 1 saturated heterocycles. The molecule has 0 aliphatic carbocycles. The molecule has 1 aliphatic rings. The second kappa shape index (κ2) is 7.61. The van der Waals surface area contributed by atoms with Crippen molar-refractivity contribution in [2.75, 3.05) is 33.3 Å². The van der Waals surface area contributed by atoms with Crippen molar-refractivity contribution in [2.45, 2.75) is 59.6 Å². The van der Waals surface area contributed by atoms with Gasteiger partial charge in [-0.2, -0.15) is 0 Å². The Balaban J connectivity index is 2.42. The Morgan fingerprint density at radius 1 is 1.37 bits per heavy atom. The summed E-state index contributed by atoms with van der Waals surface area (Å²) in [7, 11) is 1.85. The first kappa shape index (κ1) is 16.9. The second-order valence-corrected chi connectivity index (χ2v) is 7.11. The van der Waals surface area contributed by atoms with Gasteiger partial charge in [0.05, 0.1) is 6.10 Å². The summed E-state index contributed by atoms with van der Waals surface area (Å²) >= 11 is 0. The molecule has 1 N–H and O–H groups in total. The van der Waals surface area contributed by atoms with Crippen LogP contribution in [0.15, 0.2) is 0 Å². The molecule has 3 heteroatoms. The van der Waals surface area contributed by atoms with Crippen molar-refractivity contribution in [2.24, 2.45) is 11.3 Å². The Labute approximate surface area is 120 Å². The predicted octanol–water partition coefficient (Wildman–Crippen LogP) is 2.76. The minimum atomic E-state index is 0.333. The van der Waals surface area contributed by atoms with Gasteiger partial charge in [-0.1, -0.05) is 34.6 Å². The molecule has 0 aromatic rings. The third-order valence-corrected chi connectivity index (χ3v) is 4.51. The van der Waals surface area contributed by atoms with E-state index in [2.05, 4.69) is 44.8 Å². The number of nitrogens with zero attached hydrogens (tertiary/aromatic N) is 1. The van der Waals surface area contributed by atoms with E-state index >= 15 is 0 Å². The van der Waals surface area contributed by atoms with Gasteiger partial charge in [0.1, 0.15) is 0 Å². The molecule has 3 atom stereocenters. The van der Waals surface area contributed by atoms with Crippen LogP contribution in [0.4, 0.5) is 0 Å². The molecular weight excluding hydrogens is 236 g/mol. The van der Waals surface area contributed by atoms with Crippen LogP contribution >= 0.6 is 0 Å². The lowest BCUT2D eigenvalue weighted by Gasteiger charge is -2.38. The monoisotopic (exact) mass is 270 g/mol. The summed E-state index contributed by atoms with van der Waals surface area (Å²) in [5.41, 5.74) is 0.333. The van der Waals surface area contributed by atoms with Gasteiger partial charge in [0, 0.05) is 19.7 Å². The van der Waals surface area contributed by atoms with Crippen LogP contribution in [-0.4, -0.2) is 50.3 Å². The van der Waals surface area contributed by atoms with E-state index in [0.29, 0.717) is 23.5 Å². The third kappa shape index (κ3) is 5.41. The van der Waals surface area contributed by atoms with E-state index in [4.69, 9.17) is 4.74 Å². The molecule has 0 amide bonds. The van der Waals surface area contributed by atoms with Crippen LogP contribution in [-0.2, 0) is 4.74 Å². The van der Waals surface area contributed by atoms with Crippen molar-refractivity contribution in [1.29, 1.82) is 0 Å². The van der Waals surface area contributed by atoms with Crippen LogP contribution in [0.1, 0.15) is 47.5 Å². The number of methoxy groups -OCH3 is 1. The number of rotatable bonds is 6. The summed E-state index contributed by atoms with van der Waals surface area (Å²) in [6, 6.07) is 0.595. The van der Waals surface area contributed by atoms with Crippen molar-refractivity contribution < 1.29 is 4.74 Å². The maximum absolute atomic E-state index is 5.60. The highest BCUT2D eigenvalue weighted by Crippen LogP contribution is 2.24. The van der Waals surface area contributed by atoms with E-state index in [0.717, 1.165) is 13.1 Å². The third-order valence-electron chi connectivity index (χ3n) is 4.51. The van der Waals surface area contributed by atoms with Crippen LogP contribution in [0.25, 0.3) is 0 Å². The largest absolute Gasteiger partial charge is 0.380 e. The number of likely N-dealkylation sites (tertiary alicyclic amines) is 1. The molecule has 1 fully saturated rings. The van der Waals surface area contributed by atoms with Crippen molar-refractivity contribution in [3.63, 3.8) is 0 Å². The zero-order valence-corrected chi connectivity index (χ0v) is 13.8. The van der Waals surface area contributed by atoms with Crippen LogP contribution in [0.2, 0.25) is 0 Å². The highest BCUT2D eigenvalue weighted by molar-refractivity contribution is 4.83. The fourth-order valence-electron chi connectivity index (χ4n) is 3.01. The first-order valence-electron chi connectivity index (χ1n) is 7.87. The molecule has 0 radical (unpaired) electrons. The van der Waals surface area contributed by atoms with Crippen LogP contribution in [0.5, 0.6) is 0 Å². The molecule has 1 aliphatic heterocycles. The van der Waals surface area contributed by atoms with Gasteiger partial charge < -0.3 is 15.0 Å². The normalized spacial score (nSPS) is 27.5. The molecule has 0 bridgehead atoms. The minimum absolute atomic E-state index is 0.333. The number of nitrogens with one attached hydrogen (secondary N) is 1. The van der Waals surface area contributed by atoms with E-state index in [9.17, 15) is 0 Å². The van der Waals surface area contributed by atoms with Gasteiger partial charge in [0.2, 0.25) is 0 Å². The van der Waals surface area contributed by atoms with Gasteiger partial charge in [-0.25, -0.2) is 0 Å². The first-order chi connectivity index (χ1) is 8.88. The Kier molecular flexibility index (Phi) is 6.78.